The molecule has 6 aromatic carbocycles. The van der Waals surface area contributed by atoms with E-state index in [1.165, 1.54) is 48.5 Å². The first-order valence-electron chi connectivity index (χ1n) is 18.3. The number of hydrogen-bond donors (Lipinski definition) is 2. The Labute approximate surface area is 353 Å². The standard InChI is InChI=1S/C44H40N2P2.2BF4.Fe/c45-41-30-29-33(31-34-17-13-15-27-42(34)47(36-19-5-1-6-20-36)37-21-7-2-8-22-37)40(44(41)46)32-35-18-14-16-28-43(35)48(38-23-9-3-10-24-38)39-25-11-4-12-26-39;2*2-1(3,4)5;/h1-28,31-32,41,44H,29-30,45-46H2;;;/q;2*-1;+2. The normalized spacial score (nSPS) is 16.7. The fourth-order valence-electron chi connectivity index (χ4n) is 6.58. The van der Waals surface area contributed by atoms with Crippen molar-refractivity contribution in [1.29, 1.82) is 0 Å². The largest absolute Gasteiger partial charge is 2.00 e. The predicted octanol–water partition coefficient (Wildman–Crippen LogP) is 9.72. The van der Waals surface area contributed by atoms with Crippen LogP contribution in [0.1, 0.15) is 24.0 Å². The van der Waals surface area contributed by atoms with Crippen molar-refractivity contribution in [2.24, 2.45) is 11.5 Å². The minimum absolute atomic E-state index is 0. The minimum Gasteiger partial charge on any atom is -0.418 e. The van der Waals surface area contributed by atoms with Crippen molar-refractivity contribution in [3.05, 3.63) is 192 Å². The summed E-state index contributed by atoms with van der Waals surface area (Å²) in [7, 11) is -13.5. The molecule has 0 amide bonds. The van der Waals surface area contributed by atoms with Crippen LogP contribution in [0.2, 0.25) is 0 Å². The second kappa shape index (κ2) is 22.3. The van der Waals surface area contributed by atoms with Gasteiger partial charge < -0.3 is 46.0 Å². The first-order chi connectivity index (χ1) is 27.7. The zero-order valence-corrected chi connectivity index (χ0v) is 34.4. The van der Waals surface area contributed by atoms with Gasteiger partial charge in [0.2, 0.25) is 0 Å². The van der Waals surface area contributed by atoms with Crippen LogP contribution in [0.25, 0.3) is 12.2 Å². The summed E-state index contributed by atoms with van der Waals surface area (Å²) in [6.45, 7) is 0. The molecule has 6 aromatic rings. The van der Waals surface area contributed by atoms with E-state index >= 15 is 0 Å². The maximum absolute atomic E-state index is 9.75. The van der Waals surface area contributed by atoms with Gasteiger partial charge in [-0.05, 0) is 88.9 Å². The van der Waals surface area contributed by atoms with Crippen LogP contribution in [0.15, 0.2) is 181 Å². The van der Waals surface area contributed by atoms with Gasteiger partial charge in [0.1, 0.15) is 0 Å². The zero-order valence-electron chi connectivity index (χ0n) is 31.5. The van der Waals surface area contributed by atoms with E-state index in [1.807, 2.05) is 0 Å². The summed E-state index contributed by atoms with van der Waals surface area (Å²) in [6, 6.07) is 61.0. The number of benzene rings is 6. The molecule has 7 rings (SSSR count). The number of rotatable bonds is 8. The predicted molar refractivity (Wildman–Crippen MR) is 232 cm³/mol. The Morgan fingerprint density at radius 3 is 1.07 bits per heavy atom. The Morgan fingerprint density at radius 2 is 0.729 bits per heavy atom. The van der Waals surface area contributed by atoms with Crippen molar-refractivity contribution < 1.29 is 51.6 Å². The van der Waals surface area contributed by atoms with Gasteiger partial charge in [0.05, 0.1) is 0 Å². The van der Waals surface area contributed by atoms with E-state index < -0.39 is 30.4 Å². The Hall–Kier alpha value is -4.33. The molecule has 2 nitrogen and oxygen atoms in total. The van der Waals surface area contributed by atoms with Crippen molar-refractivity contribution in [3.63, 3.8) is 0 Å². The SMILES string of the molecule is F[B-](F)(F)F.F[B-](F)(F)F.NC1CCC(=Cc2ccccc2P(c2ccccc2)c2ccccc2)C(=Cc2ccccc2P(c2ccccc2)c2ccccc2)C1N.[Fe+2]. The molecule has 0 radical (unpaired) electrons. The van der Waals surface area contributed by atoms with Crippen molar-refractivity contribution in [2.75, 3.05) is 0 Å². The molecular formula is C44H40B2F8FeN2P2. The Morgan fingerprint density at radius 1 is 0.441 bits per heavy atom. The van der Waals surface area contributed by atoms with Gasteiger partial charge in [0, 0.05) is 12.1 Å². The second-order valence-corrected chi connectivity index (χ2v) is 17.5. The summed E-state index contributed by atoms with van der Waals surface area (Å²) < 4.78 is 78.0. The van der Waals surface area contributed by atoms with Crippen LogP contribution in [0, 0.1) is 0 Å². The van der Waals surface area contributed by atoms with Crippen LogP contribution >= 0.6 is 15.8 Å². The van der Waals surface area contributed by atoms with Crippen LogP contribution in [-0.4, -0.2) is 26.6 Å². The Balaban J connectivity index is 0.000000627. The summed E-state index contributed by atoms with van der Waals surface area (Å²) in [4.78, 5) is 0. The zero-order chi connectivity index (χ0) is 41.7. The summed E-state index contributed by atoms with van der Waals surface area (Å²) in [5.74, 6) is 0. The molecular weight excluding hydrogens is 848 g/mol. The van der Waals surface area contributed by atoms with E-state index in [-0.39, 0.29) is 29.2 Å². The van der Waals surface area contributed by atoms with Crippen molar-refractivity contribution in [1.82, 2.24) is 0 Å². The van der Waals surface area contributed by atoms with E-state index in [0.29, 0.717) is 0 Å². The van der Waals surface area contributed by atoms with Crippen molar-refractivity contribution >= 4 is 74.3 Å². The monoisotopic (exact) mass is 888 g/mol. The van der Waals surface area contributed by atoms with E-state index in [4.69, 9.17) is 11.5 Å². The van der Waals surface area contributed by atoms with Gasteiger partial charge >= 0.3 is 31.6 Å². The molecule has 0 bridgehead atoms. The van der Waals surface area contributed by atoms with E-state index in [1.54, 1.807) is 0 Å². The fraction of sp³-hybridized carbons (Fsp3) is 0.0909. The number of nitrogens with two attached hydrogens (primary N) is 2. The molecule has 0 saturated heterocycles. The Bertz CT molecular complexity index is 2150. The van der Waals surface area contributed by atoms with Gasteiger partial charge in [-0.1, -0.05) is 176 Å². The molecule has 1 fully saturated rings. The van der Waals surface area contributed by atoms with Crippen LogP contribution < -0.4 is 43.3 Å². The van der Waals surface area contributed by atoms with E-state index in [2.05, 4.69) is 182 Å². The van der Waals surface area contributed by atoms with Crippen LogP contribution in [0.4, 0.5) is 34.5 Å². The second-order valence-electron chi connectivity index (χ2n) is 13.1. The first-order valence-corrected chi connectivity index (χ1v) is 21.0. The molecule has 15 heteroatoms. The maximum Gasteiger partial charge on any atom is 2.00 e. The molecule has 1 saturated carbocycles. The third kappa shape index (κ3) is 14.7. The van der Waals surface area contributed by atoms with E-state index in [9.17, 15) is 34.5 Å². The molecule has 1 aliphatic carbocycles. The average Bonchev–Trinajstić information content (AvgIpc) is 3.19. The average molecular weight is 888 g/mol. The van der Waals surface area contributed by atoms with Gasteiger partial charge in [-0.2, -0.15) is 0 Å². The molecule has 2 atom stereocenters. The third-order valence-corrected chi connectivity index (χ3v) is 14.0. The third-order valence-electron chi connectivity index (χ3n) is 8.99. The fourth-order valence-corrected chi connectivity index (χ4v) is 11.4. The van der Waals surface area contributed by atoms with Crippen molar-refractivity contribution in [3.8, 4) is 0 Å². The van der Waals surface area contributed by atoms with Gasteiger partial charge in [0.15, 0.2) is 0 Å². The number of hydrogen-bond acceptors (Lipinski definition) is 2. The quantitative estimate of drug-likeness (QED) is 0.0910. The molecule has 2 unspecified atom stereocenters. The molecule has 4 N–H and O–H groups in total. The Kier molecular flexibility index (Phi) is 17.9. The van der Waals surface area contributed by atoms with Gasteiger partial charge in [0.25, 0.3) is 0 Å². The van der Waals surface area contributed by atoms with Gasteiger partial charge in [-0.25, -0.2) is 0 Å². The smallest absolute Gasteiger partial charge is 0.418 e. The summed E-state index contributed by atoms with van der Waals surface area (Å²) in [6.07, 6.45) is 6.48. The molecule has 0 heterocycles. The summed E-state index contributed by atoms with van der Waals surface area (Å²) in [5, 5.41) is 8.00. The van der Waals surface area contributed by atoms with Gasteiger partial charge in [-0.3, -0.25) is 0 Å². The molecule has 0 spiro atoms. The van der Waals surface area contributed by atoms with Crippen LogP contribution in [0.5, 0.6) is 0 Å². The maximum atomic E-state index is 9.75. The van der Waals surface area contributed by atoms with Crippen molar-refractivity contribution in [2.45, 2.75) is 24.9 Å². The van der Waals surface area contributed by atoms with Gasteiger partial charge in [-0.15, -0.1) is 0 Å². The minimum atomic E-state index is -6.00. The summed E-state index contributed by atoms with van der Waals surface area (Å²) >= 11 is 0. The first kappa shape index (κ1) is 47.3. The summed E-state index contributed by atoms with van der Waals surface area (Å²) in [5.41, 5.74) is 18.6. The molecule has 0 aliphatic heterocycles. The molecule has 1 aliphatic rings. The topological polar surface area (TPSA) is 52.0 Å². The molecule has 59 heavy (non-hydrogen) atoms. The molecule has 306 valence electrons. The van der Waals surface area contributed by atoms with E-state index in [0.717, 1.165) is 18.4 Å². The number of halogens is 8. The van der Waals surface area contributed by atoms with Crippen LogP contribution in [0.3, 0.4) is 0 Å². The molecule has 0 aromatic heterocycles. The van der Waals surface area contributed by atoms with Crippen LogP contribution in [-0.2, 0) is 17.1 Å².